The summed E-state index contributed by atoms with van der Waals surface area (Å²) >= 11 is 0. The molecule has 0 saturated heterocycles. The third kappa shape index (κ3) is 3.14. The van der Waals surface area contributed by atoms with E-state index in [0.29, 0.717) is 12.1 Å². The number of hydrogen-bond acceptors (Lipinski definition) is 3. The number of carbonyl (C=O) groups is 2. The van der Waals surface area contributed by atoms with Gasteiger partial charge in [-0.15, -0.1) is 0 Å². The highest BCUT2D eigenvalue weighted by molar-refractivity contribution is 5.94. The lowest BCUT2D eigenvalue weighted by Gasteiger charge is -2.10. The number of rotatable bonds is 5. The van der Waals surface area contributed by atoms with Crippen LogP contribution in [0.1, 0.15) is 26.3 Å². The van der Waals surface area contributed by atoms with Crippen LogP contribution in [-0.2, 0) is 6.54 Å². The molecule has 0 aliphatic carbocycles. The third-order valence-corrected chi connectivity index (χ3v) is 2.84. The Morgan fingerprint density at radius 1 is 0.950 bits per heavy atom. The van der Waals surface area contributed by atoms with E-state index in [1.165, 1.54) is 18.2 Å². The predicted octanol–water partition coefficient (Wildman–Crippen LogP) is 2.70. The maximum absolute atomic E-state index is 11.2. The first-order valence-corrected chi connectivity index (χ1v) is 5.96. The van der Waals surface area contributed by atoms with Gasteiger partial charge in [-0.1, -0.05) is 24.3 Å². The van der Waals surface area contributed by atoms with Gasteiger partial charge in [0, 0.05) is 12.2 Å². The number of para-hydroxylation sites is 1. The summed E-state index contributed by atoms with van der Waals surface area (Å²) in [7, 11) is 0. The van der Waals surface area contributed by atoms with Crippen molar-refractivity contribution in [1.29, 1.82) is 0 Å². The van der Waals surface area contributed by atoms with E-state index in [0.717, 1.165) is 5.69 Å². The van der Waals surface area contributed by atoms with Gasteiger partial charge in [-0.2, -0.15) is 0 Å². The molecule has 0 fully saturated rings. The molecule has 5 nitrogen and oxygen atoms in total. The Morgan fingerprint density at radius 2 is 1.65 bits per heavy atom. The molecule has 0 heterocycles. The van der Waals surface area contributed by atoms with E-state index in [1.54, 1.807) is 0 Å². The number of aromatic carboxylic acids is 2. The van der Waals surface area contributed by atoms with Gasteiger partial charge in [0.1, 0.15) is 0 Å². The molecule has 2 aromatic rings. The van der Waals surface area contributed by atoms with E-state index in [9.17, 15) is 9.59 Å². The normalized spacial score (nSPS) is 10.0. The number of anilines is 1. The van der Waals surface area contributed by atoms with Crippen LogP contribution in [0, 0.1) is 0 Å². The van der Waals surface area contributed by atoms with Crippen molar-refractivity contribution in [3.8, 4) is 0 Å². The van der Waals surface area contributed by atoms with E-state index in [1.807, 2.05) is 30.3 Å². The van der Waals surface area contributed by atoms with Gasteiger partial charge in [0.2, 0.25) is 0 Å². The van der Waals surface area contributed by atoms with Gasteiger partial charge in [-0.25, -0.2) is 9.59 Å². The lowest BCUT2D eigenvalue weighted by atomic mass is 10.0. The Kier molecular flexibility index (Phi) is 4.00. The highest BCUT2D eigenvalue weighted by Gasteiger charge is 2.13. The summed E-state index contributed by atoms with van der Waals surface area (Å²) in [6, 6.07) is 13.4. The minimum atomic E-state index is -1.14. The molecule has 0 atom stereocenters. The lowest BCUT2D eigenvalue weighted by molar-refractivity contribution is 0.0695. The van der Waals surface area contributed by atoms with Gasteiger partial charge in [-0.3, -0.25) is 0 Å². The Hall–Kier alpha value is -2.82. The smallest absolute Gasteiger partial charge is 0.336 e. The summed E-state index contributed by atoms with van der Waals surface area (Å²) in [5.41, 5.74) is 1.36. The van der Waals surface area contributed by atoms with Crippen molar-refractivity contribution in [1.82, 2.24) is 0 Å². The molecule has 5 heteroatoms. The average Bonchev–Trinajstić information content (AvgIpc) is 2.45. The van der Waals surface area contributed by atoms with Crippen molar-refractivity contribution in [3.05, 3.63) is 65.2 Å². The Labute approximate surface area is 115 Å². The van der Waals surface area contributed by atoms with E-state index in [-0.39, 0.29) is 11.1 Å². The van der Waals surface area contributed by atoms with Gasteiger partial charge in [0.05, 0.1) is 11.1 Å². The molecule has 0 aliphatic heterocycles. The summed E-state index contributed by atoms with van der Waals surface area (Å²) in [6.45, 7) is 0.311. The van der Waals surface area contributed by atoms with Crippen LogP contribution in [0.4, 0.5) is 5.69 Å². The van der Waals surface area contributed by atoms with Crippen molar-refractivity contribution in [3.63, 3.8) is 0 Å². The fraction of sp³-hybridized carbons (Fsp3) is 0.0667. The molecule has 0 spiro atoms. The maximum Gasteiger partial charge on any atom is 0.336 e. The van der Waals surface area contributed by atoms with Crippen LogP contribution in [-0.4, -0.2) is 22.2 Å². The number of carboxylic acid groups (broad SMARTS) is 2. The summed E-state index contributed by atoms with van der Waals surface area (Å²) in [5.74, 6) is -2.28. The van der Waals surface area contributed by atoms with Crippen molar-refractivity contribution >= 4 is 17.6 Å². The molecule has 102 valence electrons. The van der Waals surface area contributed by atoms with Crippen LogP contribution in [0.15, 0.2) is 48.5 Å². The Morgan fingerprint density at radius 3 is 2.25 bits per heavy atom. The van der Waals surface area contributed by atoms with Crippen LogP contribution >= 0.6 is 0 Å². The third-order valence-electron chi connectivity index (χ3n) is 2.84. The zero-order valence-electron chi connectivity index (χ0n) is 10.5. The molecular formula is C15H13NO4. The first kappa shape index (κ1) is 13.6. The zero-order chi connectivity index (χ0) is 14.5. The van der Waals surface area contributed by atoms with Crippen LogP contribution in [0.25, 0.3) is 0 Å². The van der Waals surface area contributed by atoms with E-state index >= 15 is 0 Å². The molecule has 3 N–H and O–H groups in total. The molecule has 2 rings (SSSR count). The van der Waals surface area contributed by atoms with Gasteiger partial charge < -0.3 is 15.5 Å². The second-order valence-electron chi connectivity index (χ2n) is 4.20. The monoisotopic (exact) mass is 271 g/mol. The second kappa shape index (κ2) is 5.88. The number of nitrogens with one attached hydrogen (secondary N) is 1. The van der Waals surface area contributed by atoms with E-state index < -0.39 is 11.9 Å². The van der Waals surface area contributed by atoms with Gasteiger partial charge in [0.25, 0.3) is 0 Å². The van der Waals surface area contributed by atoms with Gasteiger partial charge >= 0.3 is 11.9 Å². The highest BCUT2D eigenvalue weighted by atomic mass is 16.4. The molecule has 0 aromatic heterocycles. The fourth-order valence-electron chi connectivity index (χ4n) is 1.82. The minimum Gasteiger partial charge on any atom is -0.478 e. The molecule has 0 aliphatic rings. The topological polar surface area (TPSA) is 86.6 Å². The molecule has 0 unspecified atom stereocenters. The lowest BCUT2D eigenvalue weighted by Crippen LogP contribution is -2.09. The SMILES string of the molecule is O=C(O)c1ccc(CNc2ccccc2)c(C(=O)O)c1. The summed E-state index contributed by atoms with van der Waals surface area (Å²) in [6.07, 6.45) is 0. The van der Waals surface area contributed by atoms with Crippen molar-refractivity contribution in [2.75, 3.05) is 5.32 Å². The Bertz CT molecular complexity index is 638. The largest absolute Gasteiger partial charge is 0.478 e. The maximum atomic E-state index is 11.2. The average molecular weight is 271 g/mol. The fourth-order valence-corrected chi connectivity index (χ4v) is 1.82. The number of benzene rings is 2. The highest BCUT2D eigenvalue weighted by Crippen LogP contribution is 2.15. The Balaban J connectivity index is 2.23. The van der Waals surface area contributed by atoms with Gasteiger partial charge in [0.15, 0.2) is 0 Å². The number of hydrogen-bond donors (Lipinski definition) is 3. The molecule has 0 bridgehead atoms. The molecule has 20 heavy (non-hydrogen) atoms. The second-order valence-corrected chi connectivity index (χ2v) is 4.20. The van der Waals surface area contributed by atoms with Gasteiger partial charge in [-0.05, 0) is 29.8 Å². The molecule has 0 amide bonds. The summed E-state index contributed by atoms with van der Waals surface area (Å²) in [4.78, 5) is 22.0. The minimum absolute atomic E-state index is 0.00617. The standard InChI is InChI=1S/C15H13NO4/c17-14(18)10-6-7-11(13(8-10)15(19)20)9-16-12-4-2-1-3-5-12/h1-8,16H,9H2,(H,17,18)(H,19,20). The quantitative estimate of drug-likeness (QED) is 0.778. The van der Waals surface area contributed by atoms with E-state index in [4.69, 9.17) is 10.2 Å². The first-order valence-electron chi connectivity index (χ1n) is 5.96. The zero-order valence-corrected chi connectivity index (χ0v) is 10.5. The van der Waals surface area contributed by atoms with Crippen LogP contribution in [0.5, 0.6) is 0 Å². The summed E-state index contributed by atoms with van der Waals surface area (Å²) < 4.78 is 0. The van der Waals surface area contributed by atoms with Crippen LogP contribution in [0.3, 0.4) is 0 Å². The molecule has 2 aromatic carbocycles. The van der Waals surface area contributed by atoms with Crippen molar-refractivity contribution in [2.45, 2.75) is 6.54 Å². The summed E-state index contributed by atoms with van der Waals surface area (Å²) in [5, 5.41) is 21.1. The first-order chi connectivity index (χ1) is 9.58. The molecule has 0 radical (unpaired) electrons. The number of carboxylic acids is 2. The van der Waals surface area contributed by atoms with E-state index in [2.05, 4.69) is 5.32 Å². The molecule has 0 saturated carbocycles. The predicted molar refractivity (Wildman–Crippen MR) is 74.1 cm³/mol. The molecular weight excluding hydrogens is 258 g/mol. The van der Waals surface area contributed by atoms with Crippen LogP contribution in [0.2, 0.25) is 0 Å². The van der Waals surface area contributed by atoms with Crippen molar-refractivity contribution in [2.24, 2.45) is 0 Å². The van der Waals surface area contributed by atoms with Crippen molar-refractivity contribution < 1.29 is 19.8 Å². The van der Waals surface area contributed by atoms with Crippen LogP contribution < -0.4 is 5.32 Å².